The molecule has 25 heavy (non-hydrogen) atoms. The van der Waals surface area contributed by atoms with Gasteiger partial charge in [0.15, 0.2) is 0 Å². The minimum atomic E-state index is -3.38. The minimum absolute atomic E-state index is 0.0132. The molecule has 1 saturated heterocycles. The maximum absolute atomic E-state index is 12.3. The van der Waals surface area contributed by atoms with Crippen molar-refractivity contribution in [3.8, 4) is 0 Å². The smallest absolute Gasteiger partial charge is 0.216 e. The molecule has 2 aromatic rings. The molecule has 136 valence electrons. The zero-order chi connectivity index (χ0) is 17.7. The van der Waals surface area contributed by atoms with Gasteiger partial charge in [-0.2, -0.15) is 0 Å². The number of thiazole rings is 1. The quantitative estimate of drug-likeness (QED) is 0.793. The lowest BCUT2D eigenvalue weighted by Crippen LogP contribution is -2.35. The molecule has 0 unspecified atom stereocenters. The zero-order valence-corrected chi connectivity index (χ0v) is 15.9. The highest BCUT2D eigenvalue weighted by molar-refractivity contribution is 7.88. The number of hydrogen-bond donors (Lipinski definition) is 1. The van der Waals surface area contributed by atoms with Gasteiger partial charge in [-0.1, -0.05) is 29.8 Å². The molecule has 0 aliphatic carbocycles. The van der Waals surface area contributed by atoms with Crippen molar-refractivity contribution < 1.29 is 13.2 Å². The third-order valence-electron chi connectivity index (χ3n) is 3.97. The fourth-order valence-electron chi connectivity index (χ4n) is 2.74. The Morgan fingerprint density at radius 3 is 2.88 bits per heavy atom. The fraction of sp³-hybridized carbons (Fsp3) is 0.471. The van der Waals surface area contributed by atoms with E-state index in [9.17, 15) is 8.42 Å². The Morgan fingerprint density at radius 2 is 2.12 bits per heavy atom. The predicted octanol–water partition coefficient (Wildman–Crippen LogP) is 1.90. The SMILES string of the molecule is Cc1cccc(CS(=O)(=O)NCc2nc(CN3CCOCC3)cs2)c1. The molecule has 1 aliphatic rings. The van der Waals surface area contributed by atoms with Crippen LogP contribution in [0.25, 0.3) is 0 Å². The molecule has 0 amide bonds. The first-order chi connectivity index (χ1) is 12.0. The molecular formula is C17H23N3O3S2. The lowest BCUT2D eigenvalue weighted by atomic mass is 10.2. The van der Waals surface area contributed by atoms with E-state index in [2.05, 4.69) is 14.6 Å². The molecule has 0 atom stereocenters. The van der Waals surface area contributed by atoms with Gasteiger partial charge in [0.25, 0.3) is 0 Å². The number of benzene rings is 1. The number of morpholine rings is 1. The minimum Gasteiger partial charge on any atom is -0.379 e. The number of sulfonamides is 1. The van der Waals surface area contributed by atoms with Gasteiger partial charge in [0, 0.05) is 25.0 Å². The van der Waals surface area contributed by atoms with Crippen molar-refractivity contribution in [2.24, 2.45) is 0 Å². The van der Waals surface area contributed by atoms with E-state index in [-0.39, 0.29) is 12.3 Å². The summed E-state index contributed by atoms with van der Waals surface area (Å²) in [7, 11) is -3.38. The molecule has 2 heterocycles. The van der Waals surface area contributed by atoms with Crippen LogP contribution in [0, 0.1) is 6.92 Å². The van der Waals surface area contributed by atoms with Crippen LogP contribution in [0.5, 0.6) is 0 Å². The summed E-state index contributed by atoms with van der Waals surface area (Å²) in [6.45, 7) is 6.32. The molecule has 1 aromatic heterocycles. The topological polar surface area (TPSA) is 71.5 Å². The molecular weight excluding hydrogens is 358 g/mol. The molecule has 1 aromatic carbocycles. The number of rotatable bonds is 7. The second-order valence-electron chi connectivity index (χ2n) is 6.19. The van der Waals surface area contributed by atoms with Gasteiger partial charge in [-0.15, -0.1) is 11.3 Å². The van der Waals surface area contributed by atoms with Crippen molar-refractivity contribution in [2.75, 3.05) is 26.3 Å². The second-order valence-corrected chi connectivity index (χ2v) is 8.94. The lowest BCUT2D eigenvalue weighted by Gasteiger charge is -2.25. The van der Waals surface area contributed by atoms with Crippen molar-refractivity contribution in [3.63, 3.8) is 0 Å². The van der Waals surface area contributed by atoms with Gasteiger partial charge in [0.2, 0.25) is 10.0 Å². The third-order valence-corrected chi connectivity index (χ3v) is 6.17. The largest absolute Gasteiger partial charge is 0.379 e. The van der Waals surface area contributed by atoms with Gasteiger partial charge in [-0.25, -0.2) is 18.1 Å². The van der Waals surface area contributed by atoms with Gasteiger partial charge in [0.1, 0.15) is 5.01 Å². The first-order valence-corrected chi connectivity index (χ1v) is 10.8. The second kappa shape index (κ2) is 8.37. The molecule has 3 rings (SSSR count). The third kappa shape index (κ3) is 5.86. The Morgan fingerprint density at radius 1 is 1.32 bits per heavy atom. The maximum atomic E-state index is 12.3. The van der Waals surface area contributed by atoms with Crippen LogP contribution in [-0.4, -0.2) is 44.6 Å². The van der Waals surface area contributed by atoms with Gasteiger partial charge in [0.05, 0.1) is 31.2 Å². The van der Waals surface area contributed by atoms with E-state index in [1.54, 1.807) is 0 Å². The molecule has 0 spiro atoms. The summed E-state index contributed by atoms with van der Waals surface area (Å²) in [6, 6.07) is 7.55. The summed E-state index contributed by atoms with van der Waals surface area (Å²) in [4.78, 5) is 6.83. The number of aryl methyl sites for hydroxylation is 1. The van der Waals surface area contributed by atoms with Crippen LogP contribution >= 0.6 is 11.3 Å². The van der Waals surface area contributed by atoms with Crippen LogP contribution in [0.4, 0.5) is 0 Å². The number of hydrogen-bond acceptors (Lipinski definition) is 6. The van der Waals surface area contributed by atoms with E-state index in [1.165, 1.54) is 11.3 Å². The Bertz CT molecular complexity index is 799. The van der Waals surface area contributed by atoms with E-state index in [0.29, 0.717) is 0 Å². The van der Waals surface area contributed by atoms with Crippen molar-refractivity contribution in [1.29, 1.82) is 0 Å². The summed E-state index contributed by atoms with van der Waals surface area (Å²) >= 11 is 1.49. The maximum Gasteiger partial charge on any atom is 0.216 e. The number of nitrogens with one attached hydrogen (secondary N) is 1. The number of aromatic nitrogens is 1. The van der Waals surface area contributed by atoms with Crippen LogP contribution in [0.1, 0.15) is 21.8 Å². The average Bonchev–Trinajstić information content (AvgIpc) is 3.01. The van der Waals surface area contributed by atoms with Crippen LogP contribution in [0.15, 0.2) is 29.6 Å². The highest BCUT2D eigenvalue weighted by Gasteiger charge is 2.15. The summed E-state index contributed by atoms with van der Waals surface area (Å²) < 4.78 is 32.5. The monoisotopic (exact) mass is 381 g/mol. The highest BCUT2D eigenvalue weighted by atomic mass is 32.2. The fourth-order valence-corrected chi connectivity index (χ4v) is 4.63. The summed E-state index contributed by atoms with van der Waals surface area (Å²) in [5, 5.41) is 2.79. The molecule has 0 saturated carbocycles. The van der Waals surface area contributed by atoms with Gasteiger partial charge in [-0.3, -0.25) is 4.90 Å². The predicted molar refractivity (Wildman–Crippen MR) is 98.9 cm³/mol. The number of nitrogens with zero attached hydrogens (tertiary/aromatic N) is 2. The van der Waals surface area contributed by atoms with E-state index < -0.39 is 10.0 Å². The molecule has 1 fully saturated rings. The lowest BCUT2D eigenvalue weighted by molar-refractivity contribution is 0.0337. The highest BCUT2D eigenvalue weighted by Crippen LogP contribution is 2.14. The normalized spacial score (nSPS) is 16.2. The Labute approximate surface area is 152 Å². The van der Waals surface area contributed by atoms with Crippen LogP contribution in [0.3, 0.4) is 0 Å². The van der Waals surface area contributed by atoms with E-state index in [4.69, 9.17) is 4.74 Å². The van der Waals surface area contributed by atoms with Gasteiger partial charge in [-0.05, 0) is 12.5 Å². The Hall–Kier alpha value is -1.32. The standard InChI is InChI=1S/C17H23N3O3S2/c1-14-3-2-4-15(9-14)13-25(21,22)18-10-17-19-16(12-24-17)11-20-5-7-23-8-6-20/h2-4,9,12,18H,5-8,10-11,13H2,1H3. The van der Waals surface area contributed by atoms with Gasteiger partial charge >= 0.3 is 0 Å². The van der Waals surface area contributed by atoms with Crippen molar-refractivity contribution in [2.45, 2.75) is 25.8 Å². The van der Waals surface area contributed by atoms with E-state index >= 15 is 0 Å². The van der Waals surface area contributed by atoms with Crippen molar-refractivity contribution in [1.82, 2.24) is 14.6 Å². The molecule has 1 N–H and O–H groups in total. The molecule has 8 heteroatoms. The summed E-state index contributed by atoms with van der Waals surface area (Å²) in [6.07, 6.45) is 0. The van der Waals surface area contributed by atoms with Gasteiger partial charge < -0.3 is 4.74 Å². The molecule has 1 aliphatic heterocycles. The summed E-state index contributed by atoms with van der Waals surface area (Å²) in [5.41, 5.74) is 2.83. The summed E-state index contributed by atoms with van der Waals surface area (Å²) in [5.74, 6) is -0.0132. The first-order valence-electron chi connectivity index (χ1n) is 8.26. The zero-order valence-electron chi connectivity index (χ0n) is 14.3. The van der Waals surface area contributed by atoms with Crippen molar-refractivity contribution >= 4 is 21.4 Å². The van der Waals surface area contributed by atoms with E-state index in [0.717, 1.165) is 54.7 Å². The van der Waals surface area contributed by atoms with Crippen LogP contribution < -0.4 is 4.72 Å². The van der Waals surface area contributed by atoms with Crippen LogP contribution in [0.2, 0.25) is 0 Å². The Kier molecular flexibility index (Phi) is 6.19. The molecule has 0 bridgehead atoms. The molecule has 0 radical (unpaired) electrons. The van der Waals surface area contributed by atoms with Crippen molar-refractivity contribution in [3.05, 3.63) is 51.5 Å². The average molecular weight is 382 g/mol. The number of ether oxygens (including phenoxy) is 1. The van der Waals surface area contributed by atoms with E-state index in [1.807, 2.05) is 36.6 Å². The first kappa shape index (κ1) is 18.5. The molecule has 6 nitrogen and oxygen atoms in total. The van der Waals surface area contributed by atoms with Crippen LogP contribution in [-0.2, 0) is 33.6 Å². The Balaban J connectivity index is 1.52.